The third kappa shape index (κ3) is 7.58. The van der Waals surface area contributed by atoms with Crippen molar-refractivity contribution in [3.05, 3.63) is 24.8 Å². The van der Waals surface area contributed by atoms with E-state index in [1.165, 1.54) is 96.3 Å². The largest absolute Gasteiger partial charge is 0.103 e. The van der Waals surface area contributed by atoms with Gasteiger partial charge in [-0.2, -0.15) is 0 Å². The lowest BCUT2D eigenvalue weighted by atomic mass is 9.77. The minimum absolute atomic E-state index is 0.960. The Morgan fingerprint density at radius 1 is 0.708 bits per heavy atom. The average molecular weight is 331 g/mol. The summed E-state index contributed by atoms with van der Waals surface area (Å²) in [6.45, 7) is 6.04. The molecule has 0 saturated heterocycles. The van der Waals surface area contributed by atoms with Gasteiger partial charge in [-0.25, -0.2) is 0 Å². The second-order valence-electron chi connectivity index (χ2n) is 8.73. The van der Waals surface area contributed by atoms with Crippen molar-refractivity contribution in [1.29, 1.82) is 0 Å². The highest BCUT2D eigenvalue weighted by Crippen LogP contribution is 2.36. The molecule has 138 valence electrons. The van der Waals surface area contributed by atoms with Crippen molar-refractivity contribution in [2.24, 2.45) is 23.7 Å². The fourth-order valence-electron chi connectivity index (χ4n) is 5.17. The molecule has 0 aliphatic heterocycles. The lowest BCUT2D eigenvalue weighted by Gasteiger charge is -2.29. The van der Waals surface area contributed by atoms with Crippen LogP contribution in [0.5, 0.6) is 0 Å². The Labute approximate surface area is 152 Å². The van der Waals surface area contributed by atoms with Crippen LogP contribution in [-0.4, -0.2) is 0 Å². The summed E-state index contributed by atoms with van der Waals surface area (Å²) in [5.41, 5.74) is 0. The van der Waals surface area contributed by atoms with Crippen molar-refractivity contribution in [3.63, 3.8) is 0 Å². The van der Waals surface area contributed by atoms with Crippen molar-refractivity contribution in [2.75, 3.05) is 0 Å². The summed E-state index contributed by atoms with van der Waals surface area (Å²) in [6.07, 6.45) is 28.7. The Kier molecular flexibility index (Phi) is 9.85. The summed E-state index contributed by atoms with van der Waals surface area (Å²) in [5, 5.41) is 0. The zero-order valence-electron chi connectivity index (χ0n) is 16.4. The van der Waals surface area contributed by atoms with Gasteiger partial charge in [0.25, 0.3) is 0 Å². The molecule has 0 aromatic carbocycles. The molecule has 2 rings (SSSR count). The number of rotatable bonds is 10. The van der Waals surface area contributed by atoms with Gasteiger partial charge in [0, 0.05) is 0 Å². The first-order valence-corrected chi connectivity index (χ1v) is 11.0. The third-order valence-corrected chi connectivity index (χ3v) is 6.88. The molecule has 0 heteroatoms. The monoisotopic (exact) mass is 330 g/mol. The van der Waals surface area contributed by atoms with Crippen molar-refractivity contribution in [2.45, 2.75) is 103 Å². The van der Waals surface area contributed by atoms with Crippen LogP contribution in [0.2, 0.25) is 0 Å². The molecule has 2 aliphatic carbocycles. The highest BCUT2D eigenvalue weighted by atomic mass is 14.3. The zero-order valence-corrected chi connectivity index (χ0v) is 16.4. The average Bonchev–Trinajstić information content (AvgIpc) is 2.62. The van der Waals surface area contributed by atoms with Crippen LogP contribution in [0.1, 0.15) is 103 Å². The Hall–Kier alpha value is -0.520. The normalized spacial score (nSPS) is 31.4. The topological polar surface area (TPSA) is 0 Å². The fraction of sp³-hybridized carbons (Fsp3) is 0.833. The van der Waals surface area contributed by atoms with E-state index in [4.69, 9.17) is 0 Å². The molecule has 0 heterocycles. The maximum Gasteiger partial charge on any atom is -0.0325 e. The highest BCUT2D eigenvalue weighted by molar-refractivity contribution is 4.81. The summed E-state index contributed by atoms with van der Waals surface area (Å²) >= 11 is 0. The lowest BCUT2D eigenvalue weighted by Crippen LogP contribution is -2.15. The fourth-order valence-corrected chi connectivity index (χ4v) is 5.17. The van der Waals surface area contributed by atoms with Gasteiger partial charge in [-0.05, 0) is 62.7 Å². The Morgan fingerprint density at radius 2 is 1.17 bits per heavy atom. The maximum atomic E-state index is 3.90. The van der Waals surface area contributed by atoms with Crippen LogP contribution in [0.3, 0.4) is 0 Å². The predicted molar refractivity (Wildman–Crippen MR) is 108 cm³/mol. The summed E-state index contributed by atoms with van der Waals surface area (Å²) in [7, 11) is 0. The number of unbranched alkanes of at least 4 members (excludes halogenated alkanes) is 1. The van der Waals surface area contributed by atoms with Gasteiger partial charge < -0.3 is 0 Å². The van der Waals surface area contributed by atoms with Gasteiger partial charge in [-0.1, -0.05) is 82.4 Å². The molecule has 0 N–H and O–H groups in total. The standard InChI is InChI=1S/C24H42/c1-3-5-6-10-22-17-19-24(20-18-22)12-8-7-11-23-15-13-21(9-4-2)14-16-23/h3-5,21-24H,2,6-20H2,1H3/b5-3+/t21?,22-,23?,24-. The first-order chi connectivity index (χ1) is 11.8. The highest BCUT2D eigenvalue weighted by Gasteiger charge is 2.22. The number of hydrogen-bond acceptors (Lipinski definition) is 0. The lowest BCUT2D eigenvalue weighted by molar-refractivity contribution is 0.238. The van der Waals surface area contributed by atoms with Crippen LogP contribution in [-0.2, 0) is 0 Å². The van der Waals surface area contributed by atoms with Crippen molar-refractivity contribution >= 4 is 0 Å². The Morgan fingerprint density at radius 3 is 1.62 bits per heavy atom. The molecule has 0 aromatic heterocycles. The summed E-state index contributed by atoms with van der Waals surface area (Å²) in [5.74, 6) is 4.10. The molecule has 2 fully saturated rings. The molecule has 0 radical (unpaired) electrons. The number of allylic oxidation sites excluding steroid dienone is 3. The van der Waals surface area contributed by atoms with E-state index in [2.05, 4.69) is 31.7 Å². The maximum absolute atomic E-state index is 3.90. The van der Waals surface area contributed by atoms with E-state index in [1.54, 1.807) is 0 Å². The van der Waals surface area contributed by atoms with E-state index in [9.17, 15) is 0 Å². The van der Waals surface area contributed by atoms with Gasteiger partial charge in [-0.15, -0.1) is 6.58 Å². The molecule has 0 aromatic rings. The van der Waals surface area contributed by atoms with Crippen molar-refractivity contribution < 1.29 is 0 Å². The van der Waals surface area contributed by atoms with Gasteiger partial charge in [0.2, 0.25) is 0 Å². The molecule has 2 aliphatic rings. The van der Waals surface area contributed by atoms with E-state index in [1.807, 2.05) is 0 Å². The van der Waals surface area contributed by atoms with Crippen molar-refractivity contribution in [1.82, 2.24) is 0 Å². The van der Waals surface area contributed by atoms with Crippen LogP contribution >= 0.6 is 0 Å². The van der Waals surface area contributed by atoms with Gasteiger partial charge in [0.15, 0.2) is 0 Å². The van der Waals surface area contributed by atoms with Crippen LogP contribution in [0.4, 0.5) is 0 Å². The molecule has 0 atom stereocenters. The predicted octanol–water partition coefficient (Wildman–Crippen LogP) is 8.09. The summed E-state index contributed by atoms with van der Waals surface area (Å²) in [4.78, 5) is 0. The summed E-state index contributed by atoms with van der Waals surface area (Å²) < 4.78 is 0. The molecule has 0 bridgehead atoms. The van der Waals surface area contributed by atoms with Crippen LogP contribution in [0.15, 0.2) is 24.8 Å². The van der Waals surface area contributed by atoms with Gasteiger partial charge >= 0.3 is 0 Å². The second kappa shape index (κ2) is 11.9. The van der Waals surface area contributed by atoms with Crippen LogP contribution in [0, 0.1) is 23.7 Å². The van der Waals surface area contributed by atoms with E-state index in [0.717, 1.165) is 23.7 Å². The van der Waals surface area contributed by atoms with Crippen LogP contribution in [0.25, 0.3) is 0 Å². The molecular weight excluding hydrogens is 288 g/mol. The molecule has 0 nitrogen and oxygen atoms in total. The molecule has 0 spiro atoms. The van der Waals surface area contributed by atoms with Crippen LogP contribution < -0.4 is 0 Å². The zero-order chi connectivity index (χ0) is 17.0. The van der Waals surface area contributed by atoms with E-state index >= 15 is 0 Å². The minimum Gasteiger partial charge on any atom is -0.103 e. The molecular formula is C24H42. The van der Waals surface area contributed by atoms with Crippen molar-refractivity contribution in [3.8, 4) is 0 Å². The van der Waals surface area contributed by atoms with Gasteiger partial charge in [0.05, 0.1) is 0 Å². The molecule has 2 saturated carbocycles. The SMILES string of the molecule is C=CCC1CCC(CCCC[C@H]2CC[C@H](CC/C=C/C)CC2)CC1. The third-order valence-electron chi connectivity index (χ3n) is 6.88. The quantitative estimate of drug-likeness (QED) is 0.280. The van der Waals surface area contributed by atoms with Gasteiger partial charge in [0.1, 0.15) is 0 Å². The molecule has 0 unspecified atom stereocenters. The molecule has 0 amide bonds. The van der Waals surface area contributed by atoms with E-state index in [-0.39, 0.29) is 0 Å². The van der Waals surface area contributed by atoms with E-state index < -0.39 is 0 Å². The first-order valence-electron chi connectivity index (χ1n) is 11.0. The first kappa shape index (κ1) is 19.8. The Balaban J connectivity index is 1.46. The van der Waals surface area contributed by atoms with Gasteiger partial charge in [-0.3, -0.25) is 0 Å². The smallest absolute Gasteiger partial charge is 0.0325 e. The number of hydrogen-bond donors (Lipinski definition) is 0. The Bertz CT molecular complexity index is 337. The van der Waals surface area contributed by atoms with E-state index in [0.29, 0.717) is 0 Å². The summed E-state index contributed by atoms with van der Waals surface area (Å²) in [6, 6.07) is 0. The molecule has 24 heavy (non-hydrogen) atoms. The second-order valence-corrected chi connectivity index (χ2v) is 8.73. The minimum atomic E-state index is 0.960.